The van der Waals surface area contributed by atoms with Crippen LogP contribution in [0.25, 0.3) is 0 Å². The molecule has 5 heteroatoms. The van der Waals surface area contributed by atoms with Gasteiger partial charge in [-0.25, -0.2) is 0 Å². The van der Waals surface area contributed by atoms with E-state index in [2.05, 4.69) is 15.9 Å². The van der Waals surface area contributed by atoms with Crippen LogP contribution < -0.4 is 0 Å². The number of ether oxygens (including phenoxy) is 1. The molecule has 3 nitrogen and oxygen atoms in total. The van der Waals surface area contributed by atoms with E-state index < -0.39 is 0 Å². The maximum Gasteiger partial charge on any atom is 0.253 e. The lowest BCUT2D eigenvalue weighted by molar-refractivity contribution is 0.0709. The van der Waals surface area contributed by atoms with Crippen molar-refractivity contribution in [2.75, 3.05) is 32.1 Å². The van der Waals surface area contributed by atoms with E-state index in [9.17, 15) is 4.79 Å². The van der Waals surface area contributed by atoms with Crippen LogP contribution in [0, 0.1) is 0 Å². The number of carbonyl (C=O) groups excluding carboxylic acids is 1. The number of hydrogen-bond acceptors (Lipinski definition) is 2. The lowest BCUT2D eigenvalue weighted by Crippen LogP contribution is -2.35. The highest BCUT2D eigenvalue weighted by atomic mass is 79.9. The second-order valence-electron chi connectivity index (χ2n) is 3.48. The molecule has 0 radical (unpaired) electrons. The summed E-state index contributed by atoms with van der Waals surface area (Å²) in [5, 5.41) is 1.38. The third-order valence-electron chi connectivity index (χ3n) is 2.30. The van der Waals surface area contributed by atoms with Crippen molar-refractivity contribution < 1.29 is 9.53 Å². The maximum absolute atomic E-state index is 12.2. The van der Waals surface area contributed by atoms with E-state index in [1.54, 1.807) is 36.3 Å². The molecule has 1 aromatic carbocycles. The number of benzene rings is 1. The van der Waals surface area contributed by atoms with Crippen molar-refractivity contribution in [3.05, 3.63) is 34.9 Å². The molecule has 94 valence electrons. The predicted octanol–water partition coefficient (Wildman–Crippen LogP) is 2.82. The van der Waals surface area contributed by atoms with Crippen molar-refractivity contribution in [2.24, 2.45) is 0 Å². The summed E-state index contributed by atoms with van der Waals surface area (Å²) in [5.41, 5.74) is 0.645. The average molecular weight is 321 g/mol. The molecule has 0 aromatic heterocycles. The Kier molecular flexibility index (Phi) is 6.55. The zero-order valence-corrected chi connectivity index (χ0v) is 12.0. The number of halogens is 2. The third-order valence-corrected chi connectivity index (χ3v) is 2.90. The predicted molar refractivity (Wildman–Crippen MR) is 73.0 cm³/mol. The number of alkyl halides is 1. The minimum absolute atomic E-state index is 0.00170. The molecule has 17 heavy (non-hydrogen) atoms. The lowest BCUT2D eigenvalue weighted by Gasteiger charge is -2.21. The summed E-state index contributed by atoms with van der Waals surface area (Å²) >= 11 is 9.13. The molecule has 0 aliphatic rings. The summed E-state index contributed by atoms with van der Waals surface area (Å²) in [5.74, 6) is -0.00170. The molecule has 0 spiro atoms. The molecule has 0 bridgehead atoms. The van der Waals surface area contributed by atoms with E-state index in [1.807, 2.05) is 0 Å². The molecule has 1 aromatic rings. The maximum atomic E-state index is 12.2. The summed E-state index contributed by atoms with van der Waals surface area (Å²) in [6.45, 7) is 1.78. The van der Waals surface area contributed by atoms with Crippen molar-refractivity contribution >= 4 is 33.4 Å². The monoisotopic (exact) mass is 319 g/mol. The number of amides is 1. The van der Waals surface area contributed by atoms with Crippen LogP contribution in [-0.4, -0.2) is 42.9 Å². The Labute approximate surface area is 115 Å². The summed E-state index contributed by atoms with van der Waals surface area (Å²) in [6.07, 6.45) is 0. The standard InChI is InChI=1S/C12H15BrClNO2/c1-17-9-8-15(7-6-13)12(16)10-2-4-11(14)5-3-10/h2-5H,6-9H2,1H3. The van der Waals surface area contributed by atoms with Gasteiger partial charge in [-0.05, 0) is 24.3 Å². The van der Waals surface area contributed by atoms with Crippen LogP contribution in [0.4, 0.5) is 0 Å². The van der Waals surface area contributed by atoms with Gasteiger partial charge in [-0.15, -0.1) is 0 Å². The van der Waals surface area contributed by atoms with Gasteiger partial charge in [0.25, 0.3) is 5.91 Å². The largest absolute Gasteiger partial charge is 0.383 e. The van der Waals surface area contributed by atoms with Crippen molar-refractivity contribution in [2.45, 2.75) is 0 Å². The number of nitrogens with zero attached hydrogens (tertiary/aromatic N) is 1. The van der Waals surface area contributed by atoms with Gasteiger partial charge in [0.2, 0.25) is 0 Å². The van der Waals surface area contributed by atoms with E-state index >= 15 is 0 Å². The molecule has 0 saturated carbocycles. The zero-order chi connectivity index (χ0) is 12.7. The lowest BCUT2D eigenvalue weighted by atomic mass is 10.2. The second-order valence-corrected chi connectivity index (χ2v) is 4.71. The van der Waals surface area contributed by atoms with Gasteiger partial charge in [-0.1, -0.05) is 27.5 Å². The number of carbonyl (C=O) groups is 1. The summed E-state index contributed by atoms with van der Waals surface area (Å²) in [6, 6.07) is 6.91. The average Bonchev–Trinajstić information content (AvgIpc) is 2.34. The molecule has 0 aliphatic carbocycles. The molecular formula is C12H15BrClNO2. The zero-order valence-electron chi connectivity index (χ0n) is 9.66. The Morgan fingerprint density at radius 3 is 2.53 bits per heavy atom. The molecule has 0 saturated heterocycles. The van der Waals surface area contributed by atoms with E-state index in [-0.39, 0.29) is 5.91 Å². The Morgan fingerprint density at radius 1 is 1.35 bits per heavy atom. The van der Waals surface area contributed by atoms with E-state index in [4.69, 9.17) is 16.3 Å². The van der Waals surface area contributed by atoms with E-state index in [1.165, 1.54) is 0 Å². The smallest absolute Gasteiger partial charge is 0.253 e. The van der Waals surface area contributed by atoms with Crippen LogP contribution >= 0.6 is 27.5 Å². The fourth-order valence-corrected chi connectivity index (χ4v) is 1.95. The molecule has 0 N–H and O–H groups in total. The first-order valence-corrected chi connectivity index (χ1v) is 6.78. The molecule has 0 unspecified atom stereocenters. The van der Waals surface area contributed by atoms with Crippen LogP contribution in [0.1, 0.15) is 10.4 Å². The quantitative estimate of drug-likeness (QED) is 0.754. The molecule has 0 atom stereocenters. The number of rotatable bonds is 6. The molecule has 1 rings (SSSR count). The Balaban J connectivity index is 2.72. The van der Waals surface area contributed by atoms with Gasteiger partial charge in [-0.3, -0.25) is 4.79 Å². The van der Waals surface area contributed by atoms with Crippen LogP contribution in [0.15, 0.2) is 24.3 Å². The summed E-state index contributed by atoms with van der Waals surface area (Å²) in [4.78, 5) is 13.9. The number of methoxy groups -OCH3 is 1. The van der Waals surface area contributed by atoms with Crippen molar-refractivity contribution in [1.82, 2.24) is 4.90 Å². The molecule has 0 fully saturated rings. The van der Waals surface area contributed by atoms with Crippen LogP contribution in [0.2, 0.25) is 5.02 Å². The topological polar surface area (TPSA) is 29.5 Å². The highest BCUT2D eigenvalue weighted by molar-refractivity contribution is 9.09. The van der Waals surface area contributed by atoms with Gasteiger partial charge in [0.1, 0.15) is 0 Å². The van der Waals surface area contributed by atoms with Gasteiger partial charge < -0.3 is 9.64 Å². The van der Waals surface area contributed by atoms with Gasteiger partial charge in [0.15, 0.2) is 0 Å². The Morgan fingerprint density at radius 2 is 2.00 bits per heavy atom. The molecular weight excluding hydrogens is 305 g/mol. The van der Waals surface area contributed by atoms with Crippen molar-refractivity contribution in [3.63, 3.8) is 0 Å². The molecule has 0 heterocycles. The second kappa shape index (κ2) is 7.69. The molecule has 1 amide bonds. The minimum Gasteiger partial charge on any atom is -0.383 e. The van der Waals surface area contributed by atoms with E-state index in [0.717, 1.165) is 5.33 Å². The Bertz CT molecular complexity index is 356. The Hall–Kier alpha value is -0.580. The summed E-state index contributed by atoms with van der Waals surface area (Å²) in [7, 11) is 1.62. The van der Waals surface area contributed by atoms with Gasteiger partial charge >= 0.3 is 0 Å². The van der Waals surface area contributed by atoms with Gasteiger partial charge in [0, 0.05) is 36.1 Å². The van der Waals surface area contributed by atoms with Crippen LogP contribution in [0.3, 0.4) is 0 Å². The normalized spacial score (nSPS) is 10.3. The van der Waals surface area contributed by atoms with E-state index in [0.29, 0.717) is 30.3 Å². The summed E-state index contributed by atoms with van der Waals surface area (Å²) < 4.78 is 4.99. The van der Waals surface area contributed by atoms with Crippen molar-refractivity contribution in [1.29, 1.82) is 0 Å². The highest BCUT2D eigenvalue weighted by Crippen LogP contribution is 2.11. The first-order valence-electron chi connectivity index (χ1n) is 5.28. The van der Waals surface area contributed by atoms with Crippen LogP contribution in [0.5, 0.6) is 0 Å². The fraction of sp³-hybridized carbons (Fsp3) is 0.417. The fourth-order valence-electron chi connectivity index (χ4n) is 1.39. The first kappa shape index (κ1) is 14.5. The third kappa shape index (κ3) is 4.66. The van der Waals surface area contributed by atoms with Crippen molar-refractivity contribution in [3.8, 4) is 0 Å². The minimum atomic E-state index is -0.00170. The van der Waals surface area contributed by atoms with Gasteiger partial charge in [0.05, 0.1) is 6.61 Å². The van der Waals surface area contributed by atoms with Gasteiger partial charge in [-0.2, -0.15) is 0 Å². The highest BCUT2D eigenvalue weighted by Gasteiger charge is 2.14. The molecule has 0 aliphatic heterocycles. The number of hydrogen-bond donors (Lipinski definition) is 0. The first-order chi connectivity index (χ1) is 8.19. The SMILES string of the molecule is COCCN(CCBr)C(=O)c1ccc(Cl)cc1. The van der Waals surface area contributed by atoms with Crippen LogP contribution in [-0.2, 0) is 4.74 Å².